The summed E-state index contributed by atoms with van der Waals surface area (Å²) in [7, 11) is 0. The van der Waals surface area contributed by atoms with Crippen molar-refractivity contribution in [1.29, 1.82) is 0 Å². The largest absolute Gasteiger partial charge is 0.490 e. The van der Waals surface area contributed by atoms with Gasteiger partial charge in [-0.2, -0.15) is 26.3 Å². The minimum atomic E-state index is -4.52. The number of carbonyl (C=O) groups is 1. The molecule has 6 nitrogen and oxygen atoms in total. The summed E-state index contributed by atoms with van der Waals surface area (Å²) in [5.74, 6) is -2.54. The summed E-state index contributed by atoms with van der Waals surface area (Å²) < 4.78 is 95.6. The van der Waals surface area contributed by atoms with Gasteiger partial charge in [-0.05, 0) is 50.6 Å². The Bertz CT molecular complexity index is 1090. The molecule has 2 aliphatic carbocycles. The summed E-state index contributed by atoms with van der Waals surface area (Å²) in [6.07, 6.45) is -8.12. The van der Waals surface area contributed by atoms with E-state index in [4.69, 9.17) is 19.0 Å². The van der Waals surface area contributed by atoms with Crippen molar-refractivity contribution < 1.29 is 50.2 Å². The van der Waals surface area contributed by atoms with Crippen LogP contribution in [-0.2, 0) is 25.3 Å². The molecule has 4 aliphatic rings. The molecule has 3 fully saturated rings. The lowest BCUT2D eigenvalue weighted by Gasteiger charge is -2.39. The molecular weight excluding hydrogens is 508 g/mol. The predicted molar refractivity (Wildman–Crippen MR) is 116 cm³/mol. The van der Waals surface area contributed by atoms with Crippen LogP contribution in [0.4, 0.5) is 26.3 Å². The summed E-state index contributed by atoms with van der Waals surface area (Å²) in [6, 6.07) is 3.85. The van der Waals surface area contributed by atoms with Crippen LogP contribution < -0.4 is 4.74 Å². The van der Waals surface area contributed by atoms with Gasteiger partial charge < -0.3 is 19.0 Å². The number of hydrogen-bond acceptors (Lipinski definition) is 6. The number of alkyl halides is 6. The van der Waals surface area contributed by atoms with Crippen LogP contribution in [0.1, 0.15) is 32.3 Å². The number of esters is 1. The number of benzene rings is 1. The molecule has 1 aromatic rings. The molecule has 12 heteroatoms. The molecule has 1 aromatic carbocycles. The van der Waals surface area contributed by atoms with E-state index in [0.29, 0.717) is 12.2 Å². The Morgan fingerprint density at radius 2 is 1.81 bits per heavy atom. The third-order valence-electron chi connectivity index (χ3n) is 6.92. The molecule has 2 saturated heterocycles. The summed E-state index contributed by atoms with van der Waals surface area (Å²) >= 11 is 0. The molecule has 1 saturated carbocycles. The number of allylic oxidation sites excluding steroid dienone is 2. The fourth-order valence-corrected chi connectivity index (χ4v) is 5.13. The molecule has 0 radical (unpaired) electrons. The first-order valence-electron chi connectivity index (χ1n) is 11.9. The SMILES string of the molecule is CC(C)OC(=O)C1=C(ON2C3COC4C(C(Oc5ccc(C(F)(F)F)cc5)C3)C42)C=CC(C(F)(F)F)C1. The third kappa shape index (κ3) is 5.18. The number of hydrogen-bond donors (Lipinski definition) is 0. The lowest BCUT2D eigenvalue weighted by molar-refractivity contribution is -0.213. The second kappa shape index (κ2) is 9.23. The second-order valence-electron chi connectivity index (χ2n) is 9.89. The molecule has 0 spiro atoms. The lowest BCUT2D eigenvalue weighted by Crippen LogP contribution is -2.50. The van der Waals surface area contributed by atoms with E-state index in [9.17, 15) is 31.1 Å². The highest BCUT2D eigenvalue weighted by Gasteiger charge is 2.68. The van der Waals surface area contributed by atoms with Gasteiger partial charge in [-0.15, -0.1) is 5.06 Å². The number of nitrogens with zero attached hydrogens (tertiary/aromatic N) is 1. The highest BCUT2D eigenvalue weighted by Crippen LogP contribution is 2.53. The smallest absolute Gasteiger partial charge is 0.416 e. The van der Waals surface area contributed by atoms with Gasteiger partial charge in [-0.1, -0.05) is 6.08 Å². The van der Waals surface area contributed by atoms with Crippen molar-refractivity contribution in [3.63, 3.8) is 0 Å². The van der Waals surface area contributed by atoms with Crippen LogP contribution in [0.25, 0.3) is 0 Å². The van der Waals surface area contributed by atoms with E-state index >= 15 is 0 Å². The zero-order chi connectivity index (χ0) is 26.7. The number of hydroxylamine groups is 2. The Labute approximate surface area is 208 Å². The number of piperidine rings is 1. The molecule has 37 heavy (non-hydrogen) atoms. The summed E-state index contributed by atoms with van der Waals surface area (Å²) in [4.78, 5) is 18.7. The number of fused-ring (bicyclic) bond motifs is 2. The minimum Gasteiger partial charge on any atom is -0.490 e. The van der Waals surface area contributed by atoms with Crippen LogP contribution >= 0.6 is 0 Å². The number of halogens is 6. The molecule has 5 rings (SSSR count). The van der Waals surface area contributed by atoms with Crippen molar-refractivity contribution in [3.05, 3.63) is 53.3 Å². The Morgan fingerprint density at radius 1 is 1.11 bits per heavy atom. The van der Waals surface area contributed by atoms with Crippen LogP contribution in [-0.4, -0.2) is 54.2 Å². The Morgan fingerprint density at radius 3 is 2.43 bits per heavy atom. The fourth-order valence-electron chi connectivity index (χ4n) is 5.13. The van der Waals surface area contributed by atoms with Gasteiger partial charge in [0.1, 0.15) is 11.9 Å². The second-order valence-corrected chi connectivity index (χ2v) is 9.89. The predicted octanol–water partition coefficient (Wildman–Crippen LogP) is 5.20. The molecule has 0 N–H and O–H groups in total. The Balaban J connectivity index is 1.31. The molecule has 6 unspecified atom stereocenters. The maximum absolute atomic E-state index is 13.4. The van der Waals surface area contributed by atoms with Crippen molar-refractivity contribution in [2.45, 2.75) is 69.4 Å². The minimum absolute atomic E-state index is 0.00422. The number of ether oxygens (including phenoxy) is 3. The van der Waals surface area contributed by atoms with Gasteiger partial charge in [0.25, 0.3) is 0 Å². The maximum atomic E-state index is 13.4. The van der Waals surface area contributed by atoms with E-state index in [2.05, 4.69) is 0 Å². The maximum Gasteiger partial charge on any atom is 0.416 e. The van der Waals surface area contributed by atoms with E-state index in [1.807, 2.05) is 0 Å². The molecule has 202 valence electrons. The highest BCUT2D eigenvalue weighted by molar-refractivity contribution is 5.90. The first-order chi connectivity index (χ1) is 17.3. The first kappa shape index (κ1) is 25.9. The van der Waals surface area contributed by atoms with Gasteiger partial charge in [0, 0.05) is 12.3 Å². The van der Waals surface area contributed by atoms with Gasteiger partial charge in [0.15, 0.2) is 5.76 Å². The quantitative estimate of drug-likeness (QED) is 0.370. The third-order valence-corrected chi connectivity index (χ3v) is 6.92. The van der Waals surface area contributed by atoms with E-state index in [-0.39, 0.29) is 48.1 Å². The van der Waals surface area contributed by atoms with E-state index < -0.39 is 42.3 Å². The van der Waals surface area contributed by atoms with Crippen molar-refractivity contribution in [3.8, 4) is 5.75 Å². The topological polar surface area (TPSA) is 57.2 Å². The van der Waals surface area contributed by atoms with Crippen molar-refractivity contribution in [2.75, 3.05) is 6.61 Å². The van der Waals surface area contributed by atoms with Crippen LogP contribution in [0.3, 0.4) is 0 Å². The molecule has 6 atom stereocenters. The average molecular weight is 533 g/mol. The number of carbonyl (C=O) groups excluding carboxylic acids is 1. The standard InChI is InChI=1S/C25H25F6NO5/c1-12(2)35-23(33)17-9-14(25(29,30)31)5-8-18(17)37-32-15-10-19(20-21(32)22(20)34-11-15)36-16-6-3-13(4-7-16)24(26,27)28/h3-8,12,14-15,19-22H,9-11H2,1-2H3. The van der Waals surface area contributed by atoms with Crippen LogP contribution in [0.15, 0.2) is 47.7 Å². The normalized spacial score (nSPS) is 31.4. The van der Waals surface area contributed by atoms with E-state index in [1.54, 1.807) is 18.9 Å². The zero-order valence-electron chi connectivity index (χ0n) is 19.9. The van der Waals surface area contributed by atoms with E-state index in [1.165, 1.54) is 12.1 Å². The van der Waals surface area contributed by atoms with E-state index in [0.717, 1.165) is 24.3 Å². The van der Waals surface area contributed by atoms with Crippen molar-refractivity contribution in [2.24, 2.45) is 11.8 Å². The van der Waals surface area contributed by atoms with Gasteiger partial charge in [0.05, 0.1) is 48.0 Å². The summed E-state index contributed by atoms with van der Waals surface area (Å²) in [5, 5.41) is 1.65. The number of rotatable bonds is 6. The molecular formula is C25H25F6NO5. The van der Waals surface area contributed by atoms with Gasteiger partial charge in [0.2, 0.25) is 0 Å². The van der Waals surface area contributed by atoms with Crippen LogP contribution in [0.2, 0.25) is 0 Å². The van der Waals surface area contributed by atoms with Gasteiger partial charge in [-0.25, -0.2) is 4.79 Å². The monoisotopic (exact) mass is 533 g/mol. The number of morpholine rings is 1. The van der Waals surface area contributed by atoms with Gasteiger partial charge >= 0.3 is 18.3 Å². The highest BCUT2D eigenvalue weighted by atomic mass is 19.4. The molecule has 0 aromatic heterocycles. The Hall–Kier alpha value is -2.73. The lowest BCUT2D eigenvalue weighted by atomic mass is 9.92. The first-order valence-corrected chi connectivity index (χ1v) is 11.9. The summed E-state index contributed by atoms with van der Waals surface area (Å²) in [5.41, 5.74) is -0.959. The zero-order valence-corrected chi connectivity index (χ0v) is 19.9. The molecule has 2 bridgehead atoms. The summed E-state index contributed by atoms with van der Waals surface area (Å²) in [6.45, 7) is 3.48. The van der Waals surface area contributed by atoms with Gasteiger partial charge in [-0.3, -0.25) is 0 Å². The molecule has 0 amide bonds. The van der Waals surface area contributed by atoms with Crippen molar-refractivity contribution in [1.82, 2.24) is 5.06 Å². The van der Waals surface area contributed by atoms with Crippen molar-refractivity contribution >= 4 is 5.97 Å². The molecule has 2 heterocycles. The van der Waals surface area contributed by atoms with Crippen LogP contribution in [0.5, 0.6) is 5.75 Å². The molecule has 2 aliphatic heterocycles. The fraction of sp³-hybridized carbons (Fsp3) is 0.560. The Kier molecular flexibility index (Phi) is 6.46. The van der Waals surface area contributed by atoms with Crippen LogP contribution in [0, 0.1) is 11.8 Å². The average Bonchev–Trinajstić information content (AvgIpc) is 3.56.